The Morgan fingerprint density at radius 2 is 1.95 bits per heavy atom. The fraction of sp³-hybridized carbons (Fsp3) is 0. The number of fused-ring (bicyclic) bond motifs is 1. The summed E-state index contributed by atoms with van der Waals surface area (Å²) in [5.41, 5.74) is -0.226. The SMILES string of the molecule is O=C(O)c1ccc(F)c(NC(=O)c2cc3sccc3s2)c1. The number of carbonyl (C=O) groups excluding carboxylic acids is 1. The standard InChI is InChI=1S/C14H8FNO3S2/c15-8-2-1-7(14(18)19)5-9(8)16-13(17)12-6-11-10(21-12)3-4-20-11/h1-6H,(H,16,17)(H,18,19). The molecular weight excluding hydrogens is 313 g/mol. The Morgan fingerprint density at radius 1 is 1.14 bits per heavy atom. The average molecular weight is 321 g/mol. The number of amides is 1. The molecule has 21 heavy (non-hydrogen) atoms. The number of halogens is 1. The molecule has 2 heterocycles. The van der Waals surface area contributed by atoms with E-state index in [0.29, 0.717) is 4.88 Å². The second-order valence-corrected chi connectivity index (χ2v) is 6.25. The lowest BCUT2D eigenvalue weighted by atomic mass is 10.2. The van der Waals surface area contributed by atoms with Gasteiger partial charge in [-0.15, -0.1) is 22.7 Å². The molecule has 7 heteroatoms. The number of rotatable bonds is 3. The number of carboxylic acid groups (broad SMARTS) is 1. The van der Waals surface area contributed by atoms with Gasteiger partial charge < -0.3 is 10.4 Å². The van der Waals surface area contributed by atoms with Crippen molar-refractivity contribution in [1.29, 1.82) is 0 Å². The van der Waals surface area contributed by atoms with Crippen molar-refractivity contribution in [2.75, 3.05) is 5.32 Å². The maximum absolute atomic E-state index is 13.7. The summed E-state index contributed by atoms with van der Waals surface area (Å²) in [5.74, 6) is -2.31. The second-order valence-electron chi connectivity index (χ2n) is 4.21. The van der Waals surface area contributed by atoms with Gasteiger partial charge in [0.05, 0.1) is 16.1 Å². The molecule has 0 spiro atoms. The van der Waals surface area contributed by atoms with E-state index in [0.717, 1.165) is 27.6 Å². The van der Waals surface area contributed by atoms with Crippen LogP contribution in [0.2, 0.25) is 0 Å². The number of aromatic carboxylic acids is 1. The molecule has 0 fully saturated rings. The van der Waals surface area contributed by atoms with Gasteiger partial charge in [-0.2, -0.15) is 0 Å². The van der Waals surface area contributed by atoms with E-state index in [1.807, 2.05) is 11.4 Å². The Labute approximate surface area is 126 Å². The third-order valence-electron chi connectivity index (χ3n) is 2.82. The lowest BCUT2D eigenvalue weighted by Crippen LogP contribution is -2.12. The molecule has 0 bridgehead atoms. The van der Waals surface area contributed by atoms with Gasteiger partial charge in [0.15, 0.2) is 0 Å². The fourth-order valence-corrected chi connectivity index (χ4v) is 3.82. The smallest absolute Gasteiger partial charge is 0.335 e. The van der Waals surface area contributed by atoms with Gasteiger partial charge in [-0.25, -0.2) is 9.18 Å². The zero-order valence-corrected chi connectivity index (χ0v) is 12.1. The first-order valence-electron chi connectivity index (χ1n) is 5.86. The Bertz CT molecular complexity index is 824. The van der Waals surface area contributed by atoms with Gasteiger partial charge >= 0.3 is 5.97 Å². The molecule has 0 aliphatic rings. The van der Waals surface area contributed by atoms with Crippen molar-refractivity contribution in [3.05, 3.63) is 52.0 Å². The Hall–Kier alpha value is -2.25. The summed E-state index contributed by atoms with van der Waals surface area (Å²) in [6.45, 7) is 0. The molecule has 3 aromatic rings. The highest BCUT2D eigenvalue weighted by atomic mass is 32.1. The quantitative estimate of drug-likeness (QED) is 0.764. The summed E-state index contributed by atoms with van der Waals surface area (Å²) >= 11 is 2.83. The van der Waals surface area contributed by atoms with Crippen LogP contribution in [-0.4, -0.2) is 17.0 Å². The molecule has 3 rings (SSSR count). The lowest BCUT2D eigenvalue weighted by molar-refractivity contribution is 0.0696. The van der Waals surface area contributed by atoms with Crippen LogP contribution in [0.5, 0.6) is 0 Å². The van der Waals surface area contributed by atoms with Crippen molar-refractivity contribution < 1.29 is 19.1 Å². The molecular formula is C14H8FNO3S2. The van der Waals surface area contributed by atoms with Crippen LogP contribution in [0, 0.1) is 5.82 Å². The van der Waals surface area contributed by atoms with Gasteiger partial charge in [0.2, 0.25) is 0 Å². The molecule has 0 saturated heterocycles. The summed E-state index contributed by atoms with van der Waals surface area (Å²) in [6, 6.07) is 6.91. The van der Waals surface area contributed by atoms with Gasteiger partial charge in [-0.3, -0.25) is 4.79 Å². The molecule has 1 amide bonds. The van der Waals surface area contributed by atoms with Crippen LogP contribution in [-0.2, 0) is 0 Å². The maximum atomic E-state index is 13.7. The van der Waals surface area contributed by atoms with Crippen molar-refractivity contribution in [1.82, 2.24) is 0 Å². The molecule has 2 N–H and O–H groups in total. The molecule has 0 saturated carbocycles. The number of hydrogen-bond donors (Lipinski definition) is 2. The molecule has 106 valence electrons. The van der Waals surface area contributed by atoms with E-state index in [4.69, 9.17) is 5.11 Å². The predicted molar refractivity (Wildman–Crippen MR) is 81.0 cm³/mol. The van der Waals surface area contributed by atoms with Crippen molar-refractivity contribution in [2.45, 2.75) is 0 Å². The first kappa shape index (κ1) is 13.7. The first-order valence-corrected chi connectivity index (χ1v) is 7.55. The third-order valence-corrected chi connectivity index (χ3v) is 4.92. The minimum absolute atomic E-state index is 0.0844. The monoisotopic (exact) mass is 321 g/mol. The Kier molecular flexibility index (Phi) is 3.44. The average Bonchev–Trinajstić information content (AvgIpc) is 3.01. The zero-order chi connectivity index (χ0) is 15.0. The van der Waals surface area contributed by atoms with E-state index in [1.54, 1.807) is 6.07 Å². The van der Waals surface area contributed by atoms with Gasteiger partial charge in [0.1, 0.15) is 5.82 Å². The summed E-state index contributed by atoms with van der Waals surface area (Å²) in [6.07, 6.45) is 0. The van der Waals surface area contributed by atoms with Crippen LogP contribution in [0.15, 0.2) is 35.7 Å². The van der Waals surface area contributed by atoms with Crippen LogP contribution in [0.3, 0.4) is 0 Å². The highest BCUT2D eigenvalue weighted by Crippen LogP contribution is 2.30. The molecule has 0 aliphatic carbocycles. The zero-order valence-electron chi connectivity index (χ0n) is 10.4. The molecule has 2 aromatic heterocycles. The molecule has 4 nitrogen and oxygen atoms in total. The van der Waals surface area contributed by atoms with Crippen molar-refractivity contribution >= 4 is 49.6 Å². The molecule has 0 unspecified atom stereocenters. The highest BCUT2D eigenvalue weighted by Gasteiger charge is 2.15. The van der Waals surface area contributed by atoms with Gasteiger partial charge in [0.25, 0.3) is 5.91 Å². The number of carbonyl (C=O) groups is 2. The van der Waals surface area contributed by atoms with Crippen molar-refractivity contribution in [3.8, 4) is 0 Å². The van der Waals surface area contributed by atoms with Crippen LogP contribution < -0.4 is 5.32 Å². The van der Waals surface area contributed by atoms with Crippen LogP contribution in [0.1, 0.15) is 20.0 Å². The molecule has 0 radical (unpaired) electrons. The Balaban J connectivity index is 1.88. The van der Waals surface area contributed by atoms with Crippen LogP contribution in [0.4, 0.5) is 10.1 Å². The number of benzene rings is 1. The normalized spacial score (nSPS) is 10.7. The minimum Gasteiger partial charge on any atom is -0.478 e. The summed E-state index contributed by atoms with van der Waals surface area (Å²) in [5, 5.41) is 13.2. The number of carboxylic acids is 1. The van der Waals surface area contributed by atoms with Gasteiger partial charge in [0, 0.05) is 9.40 Å². The van der Waals surface area contributed by atoms with E-state index in [9.17, 15) is 14.0 Å². The first-order chi connectivity index (χ1) is 10.0. The van der Waals surface area contributed by atoms with Crippen LogP contribution >= 0.6 is 22.7 Å². The van der Waals surface area contributed by atoms with Gasteiger partial charge in [-0.1, -0.05) is 0 Å². The molecule has 0 atom stereocenters. The molecule has 0 aliphatic heterocycles. The van der Waals surface area contributed by atoms with Gasteiger partial charge in [-0.05, 0) is 35.7 Å². The number of thiophene rings is 2. The highest BCUT2D eigenvalue weighted by molar-refractivity contribution is 7.27. The maximum Gasteiger partial charge on any atom is 0.335 e. The predicted octanol–water partition coefficient (Wildman–Crippen LogP) is 4.05. The summed E-state index contributed by atoms with van der Waals surface area (Å²) in [7, 11) is 0. The largest absolute Gasteiger partial charge is 0.478 e. The summed E-state index contributed by atoms with van der Waals surface area (Å²) in [4.78, 5) is 23.4. The topological polar surface area (TPSA) is 66.4 Å². The van der Waals surface area contributed by atoms with E-state index < -0.39 is 17.7 Å². The molecule has 1 aromatic carbocycles. The van der Waals surface area contributed by atoms with Crippen molar-refractivity contribution in [2.24, 2.45) is 0 Å². The lowest BCUT2D eigenvalue weighted by Gasteiger charge is -2.06. The van der Waals surface area contributed by atoms with E-state index in [2.05, 4.69) is 5.32 Å². The minimum atomic E-state index is -1.18. The fourth-order valence-electron chi connectivity index (χ4n) is 1.82. The summed E-state index contributed by atoms with van der Waals surface area (Å²) < 4.78 is 15.6. The van der Waals surface area contributed by atoms with Crippen molar-refractivity contribution in [3.63, 3.8) is 0 Å². The van der Waals surface area contributed by atoms with Crippen LogP contribution in [0.25, 0.3) is 9.40 Å². The van der Waals surface area contributed by atoms with E-state index >= 15 is 0 Å². The third kappa shape index (κ3) is 2.65. The van der Waals surface area contributed by atoms with E-state index in [1.165, 1.54) is 22.7 Å². The Morgan fingerprint density at radius 3 is 2.67 bits per heavy atom. The van der Waals surface area contributed by atoms with E-state index in [-0.39, 0.29) is 11.3 Å². The number of nitrogens with one attached hydrogen (secondary N) is 1. The number of hydrogen-bond acceptors (Lipinski definition) is 4. The number of anilines is 1. The second kappa shape index (κ2) is 5.27.